The second-order valence-electron chi connectivity index (χ2n) is 8.68. The lowest BCUT2D eigenvalue weighted by Gasteiger charge is -2.29. The van der Waals surface area contributed by atoms with Gasteiger partial charge in [0.15, 0.2) is 5.82 Å². The summed E-state index contributed by atoms with van der Waals surface area (Å²) in [7, 11) is 0. The molecule has 1 fully saturated rings. The summed E-state index contributed by atoms with van der Waals surface area (Å²) in [4.78, 5) is 23.6. The van der Waals surface area contributed by atoms with Gasteiger partial charge in [0, 0.05) is 29.6 Å². The topological polar surface area (TPSA) is 113 Å². The molecule has 180 valence electrons. The highest BCUT2D eigenvalue weighted by atomic mass is 35.5. The van der Waals surface area contributed by atoms with Gasteiger partial charge >= 0.3 is 0 Å². The number of H-pyrrole nitrogens is 1. The number of aromatic nitrogens is 4. The van der Waals surface area contributed by atoms with Gasteiger partial charge < -0.3 is 16.0 Å². The number of anilines is 1. The van der Waals surface area contributed by atoms with E-state index >= 15 is 0 Å². The minimum atomic E-state index is -0.157. The SMILES string of the molecule is CC(=O)Nc1cc(-c2cc(C(c3ccc(Cl)cc3)N3CCC(CN)C3)c(-c3nnc[nH]3)s2)ccn1. The zero-order valence-electron chi connectivity index (χ0n) is 19.2. The number of likely N-dealkylation sites (tertiary alicyclic amines) is 1. The molecule has 10 heteroatoms. The second-order valence-corrected chi connectivity index (χ2v) is 10.2. The maximum atomic E-state index is 11.6. The molecule has 1 aromatic carbocycles. The summed E-state index contributed by atoms with van der Waals surface area (Å²) in [5.74, 6) is 1.55. The summed E-state index contributed by atoms with van der Waals surface area (Å²) in [5, 5.41) is 11.8. The first-order valence-electron chi connectivity index (χ1n) is 11.5. The van der Waals surface area contributed by atoms with E-state index in [0.717, 1.165) is 51.8 Å². The fraction of sp³-hybridized carbons (Fsp3) is 0.280. The van der Waals surface area contributed by atoms with Crippen LogP contribution >= 0.6 is 22.9 Å². The van der Waals surface area contributed by atoms with Crippen LogP contribution in [0.4, 0.5) is 5.82 Å². The van der Waals surface area contributed by atoms with Crippen molar-refractivity contribution in [3.63, 3.8) is 0 Å². The Balaban J connectivity index is 1.63. The lowest BCUT2D eigenvalue weighted by atomic mass is 9.96. The minimum absolute atomic E-state index is 0.00516. The molecule has 5 rings (SSSR count). The number of benzene rings is 1. The molecule has 3 aromatic heterocycles. The third kappa shape index (κ3) is 5.13. The highest BCUT2D eigenvalue weighted by Crippen LogP contribution is 2.44. The van der Waals surface area contributed by atoms with Crippen molar-refractivity contribution in [2.24, 2.45) is 11.7 Å². The lowest BCUT2D eigenvalue weighted by Crippen LogP contribution is -2.29. The van der Waals surface area contributed by atoms with Gasteiger partial charge in [-0.1, -0.05) is 23.7 Å². The molecular formula is C25H26ClN7OS. The summed E-state index contributed by atoms with van der Waals surface area (Å²) >= 11 is 7.87. The largest absolute Gasteiger partial charge is 0.330 e. The molecule has 35 heavy (non-hydrogen) atoms. The van der Waals surface area contributed by atoms with Gasteiger partial charge in [-0.25, -0.2) is 4.98 Å². The van der Waals surface area contributed by atoms with E-state index in [4.69, 9.17) is 17.3 Å². The summed E-state index contributed by atoms with van der Waals surface area (Å²) < 4.78 is 0. The van der Waals surface area contributed by atoms with Gasteiger partial charge in [0.25, 0.3) is 0 Å². The van der Waals surface area contributed by atoms with Crippen molar-refractivity contribution in [3.05, 3.63) is 71.1 Å². The number of hydrogen-bond acceptors (Lipinski definition) is 7. The Hall–Kier alpha value is -3.11. The van der Waals surface area contributed by atoms with Crippen LogP contribution in [0.15, 0.2) is 55.0 Å². The van der Waals surface area contributed by atoms with Gasteiger partial charge in [0.1, 0.15) is 12.1 Å². The first-order chi connectivity index (χ1) is 17.0. The van der Waals surface area contributed by atoms with Crippen LogP contribution in [0, 0.1) is 5.92 Å². The predicted octanol–water partition coefficient (Wildman–Crippen LogP) is 4.58. The van der Waals surface area contributed by atoms with Gasteiger partial charge in [0.2, 0.25) is 5.91 Å². The van der Waals surface area contributed by atoms with Crippen molar-refractivity contribution < 1.29 is 4.79 Å². The molecule has 0 spiro atoms. The van der Waals surface area contributed by atoms with Crippen LogP contribution in [-0.4, -0.2) is 50.6 Å². The second kappa shape index (κ2) is 10.2. The highest BCUT2D eigenvalue weighted by Gasteiger charge is 2.33. The summed E-state index contributed by atoms with van der Waals surface area (Å²) in [5.41, 5.74) is 9.29. The normalized spacial score (nSPS) is 16.9. The molecule has 8 nitrogen and oxygen atoms in total. The number of amides is 1. The average Bonchev–Trinajstić information content (AvgIpc) is 3.61. The first kappa shape index (κ1) is 23.6. The summed E-state index contributed by atoms with van der Waals surface area (Å²) in [6.45, 7) is 4.03. The van der Waals surface area contributed by atoms with Crippen LogP contribution in [0.3, 0.4) is 0 Å². The fourth-order valence-electron chi connectivity index (χ4n) is 4.61. The molecule has 4 heterocycles. The number of carbonyl (C=O) groups is 1. The molecule has 0 radical (unpaired) electrons. The Bertz CT molecular complexity index is 1310. The van der Waals surface area contributed by atoms with Crippen LogP contribution < -0.4 is 11.1 Å². The standard InChI is InChI=1S/C25H26ClN7OS/c1-15(34)31-22-10-18(6-8-28-22)21-11-20(24(35-21)25-29-14-30-32-25)23(17-2-4-19(26)5-3-17)33-9-7-16(12-27)13-33/h2-6,8,10-11,14,16,23H,7,9,12-13,27H2,1H3,(H,28,31,34)(H,29,30,32). The molecule has 1 saturated heterocycles. The molecule has 2 unspecified atom stereocenters. The molecule has 0 aliphatic carbocycles. The predicted molar refractivity (Wildman–Crippen MR) is 139 cm³/mol. The number of pyridine rings is 1. The van der Waals surface area contributed by atoms with Gasteiger partial charge in [0.05, 0.1) is 10.9 Å². The van der Waals surface area contributed by atoms with Crippen molar-refractivity contribution in [2.45, 2.75) is 19.4 Å². The van der Waals surface area contributed by atoms with Crippen LogP contribution in [0.25, 0.3) is 21.1 Å². The lowest BCUT2D eigenvalue weighted by molar-refractivity contribution is -0.114. The zero-order valence-corrected chi connectivity index (χ0v) is 20.8. The van der Waals surface area contributed by atoms with E-state index in [1.165, 1.54) is 6.92 Å². The van der Waals surface area contributed by atoms with Crippen molar-refractivity contribution in [3.8, 4) is 21.1 Å². The summed E-state index contributed by atoms with van der Waals surface area (Å²) in [6, 6.07) is 14.1. The van der Waals surface area contributed by atoms with E-state index in [1.807, 2.05) is 24.3 Å². The van der Waals surface area contributed by atoms with Crippen molar-refractivity contribution >= 4 is 34.7 Å². The van der Waals surface area contributed by atoms with Gasteiger partial charge in [-0.05, 0) is 72.5 Å². The number of nitrogens with one attached hydrogen (secondary N) is 2. The summed E-state index contributed by atoms with van der Waals surface area (Å²) in [6.07, 6.45) is 4.37. The number of hydrogen-bond donors (Lipinski definition) is 3. The number of nitrogens with two attached hydrogens (primary N) is 1. The van der Waals surface area contributed by atoms with E-state index < -0.39 is 0 Å². The fourth-order valence-corrected chi connectivity index (χ4v) is 5.87. The van der Waals surface area contributed by atoms with Crippen molar-refractivity contribution in [1.29, 1.82) is 0 Å². The maximum absolute atomic E-state index is 11.6. The smallest absolute Gasteiger partial charge is 0.222 e. The van der Waals surface area contributed by atoms with Crippen molar-refractivity contribution in [2.75, 3.05) is 25.0 Å². The van der Waals surface area contributed by atoms with Gasteiger partial charge in [-0.15, -0.1) is 21.5 Å². The Morgan fingerprint density at radius 3 is 2.83 bits per heavy atom. The first-order valence-corrected chi connectivity index (χ1v) is 12.6. The zero-order chi connectivity index (χ0) is 24.4. The molecule has 1 aliphatic heterocycles. The maximum Gasteiger partial charge on any atom is 0.222 e. The van der Waals surface area contributed by atoms with Crippen LogP contribution in [0.5, 0.6) is 0 Å². The van der Waals surface area contributed by atoms with E-state index in [-0.39, 0.29) is 11.9 Å². The quantitative estimate of drug-likeness (QED) is 0.337. The third-order valence-corrected chi connectivity index (χ3v) is 7.70. The number of carbonyl (C=O) groups excluding carboxylic acids is 1. The monoisotopic (exact) mass is 507 g/mol. The van der Waals surface area contributed by atoms with Gasteiger partial charge in [-0.2, -0.15) is 0 Å². The van der Waals surface area contributed by atoms with E-state index in [9.17, 15) is 4.79 Å². The molecule has 4 N–H and O–H groups in total. The number of aromatic amines is 1. The van der Waals surface area contributed by atoms with E-state index in [0.29, 0.717) is 23.3 Å². The van der Waals surface area contributed by atoms with E-state index in [1.54, 1.807) is 23.9 Å². The highest BCUT2D eigenvalue weighted by molar-refractivity contribution is 7.19. The number of rotatable bonds is 7. The Morgan fingerprint density at radius 1 is 1.31 bits per heavy atom. The minimum Gasteiger partial charge on any atom is -0.330 e. The van der Waals surface area contributed by atoms with Crippen molar-refractivity contribution in [1.82, 2.24) is 25.1 Å². The number of halogens is 1. The molecular weight excluding hydrogens is 482 g/mol. The number of thiophene rings is 1. The van der Waals surface area contributed by atoms with E-state index in [2.05, 4.69) is 48.6 Å². The number of nitrogens with zero attached hydrogens (tertiary/aromatic N) is 4. The van der Waals surface area contributed by atoms with Crippen LogP contribution in [-0.2, 0) is 4.79 Å². The molecule has 1 aliphatic rings. The molecule has 0 bridgehead atoms. The molecule has 4 aromatic rings. The molecule has 2 atom stereocenters. The van der Waals surface area contributed by atoms with Gasteiger partial charge in [-0.3, -0.25) is 9.69 Å². The third-order valence-electron chi connectivity index (χ3n) is 6.24. The molecule has 0 saturated carbocycles. The Kier molecular flexibility index (Phi) is 6.92. The Labute approximate surface area is 212 Å². The van der Waals surface area contributed by atoms with Crippen LogP contribution in [0.1, 0.15) is 30.5 Å². The average molecular weight is 508 g/mol. The molecule has 1 amide bonds. The Morgan fingerprint density at radius 2 is 2.14 bits per heavy atom. The van der Waals surface area contributed by atoms with Crippen LogP contribution in [0.2, 0.25) is 5.02 Å².